The molecule has 6 rings (SSSR count). The molecule has 2 saturated carbocycles. The number of piperidine rings is 1. The predicted octanol–water partition coefficient (Wildman–Crippen LogP) is 6.16. The highest BCUT2D eigenvalue weighted by Crippen LogP contribution is 2.40. The number of hydrogen-bond donors (Lipinski definition) is 0. The Hall–Kier alpha value is -2.99. The van der Waals surface area contributed by atoms with Crippen LogP contribution in [0.15, 0.2) is 42.6 Å². The van der Waals surface area contributed by atoms with E-state index < -0.39 is 0 Å². The molecule has 6 nitrogen and oxygen atoms in total. The van der Waals surface area contributed by atoms with Crippen LogP contribution >= 0.6 is 0 Å². The molecule has 6 heteroatoms. The first-order chi connectivity index (χ1) is 18.5. The van der Waals surface area contributed by atoms with E-state index in [1.807, 2.05) is 40.8 Å². The lowest BCUT2D eigenvalue weighted by Gasteiger charge is -2.32. The van der Waals surface area contributed by atoms with Gasteiger partial charge in [-0.25, -0.2) is 0 Å². The highest BCUT2D eigenvalue weighted by molar-refractivity contribution is 6.01. The summed E-state index contributed by atoms with van der Waals surface area (Å²) in [4.78, 5) is 27.9. The molecule has 2 aromatic carbocycles. The van der Waals surface area contributed by atoms with Crippen molar-refractivity contribution in [3.63, 3.8) is 0 Å². The third-order valence-corrected chi connectivity index (χ3v) is 8.60. The van der Waals surface area contributed by atoms with Crippen LogP contribution in [-0.2, 0) is 11.3 Å². The number of ether oxygens (including phenoxy) is 1. The van der Waals surface area contributed by atoms with Gasteiger partial charge in [-0.15, -0.1) is 0 Å². The molecule has 0 radical (unpaired) electrons. The third kappa shape index (κ3) is 5.85. The smallest absolute Gasteiger partial charge is 0.253 e. The average molecular weight is 514 g/mol. The maximum atomic E-state index is 13.0. The van der Waals surface area contributed by atoms with E-state index in [0.717, 1.165) is 79.0 Å². The van der Waals surface area contributed by atoms with Crippen molar-refractivity contribution in [2.24, 2.45) is 11.8 Å². The maximum absolute atomic E-state index is 13.0. The lowest BCUT2D eigenvalue weighted by molar-refractivity contribution is 0.0681. The summed E-state index contributed by atoms with van der Waals surface area (Å²) in [5, 5.41) is 5.87. The molecule has 200 valence electrons. The first kappa shape index (κ1) is 25.3. The minimum Gasteiger partial charge on any atom is -0.381 e. The van der Waals surface area contributed by atoms with Crippen LogP contribution in [0.5, 0.6) is 0 Å². The van der Waals surface area contributed by atoms with E-state index >= 15 is 0 Å². The second kappa shape index (κ2) is 11.0. The number of aryl methyl sites for hydroxylation is 1. The van der Waals surface area contributed by atoms with E-state index in [0.29, 0.717) is 24.9 Å². The molecule has 1 saturated heterocycles. The Bertz CT molecular complexity index is 1300. The molecule has 2 aliphatic carbocycles. The van der Waals surface area contributed by atoms with Crippen LogP contribution < -0.4 is 0 Å². The number of benzene rings is 2. The summed E-state index contributed by atoms with van der Waals surface area (Å²) in [7, 11) is 0. The van der Waals surface area contributed by atoms with Crippen LogP contribution in [0, 0.1) is 18.8 Å². The number of amides is 1. The van der Waals surface area contributed by atoms with Gasteiger partial charge in [0.05, 0.1) is 5.52 Å². The van der Waals surface area contributed by atoms with E-state index in [4.69, 9.17) is 9.84 Å². The standard InChI is InChI=1S/C32H39N3O3/c1-22-28(31(36)3-2-18-38-21-24-4-5-24)12-13-30-29(22)20-35(33-30)19-23-14-16-34(17-15-23)32(37)27-10-8-26(9-11-27)25-6-7-25/h8-13,20,23-25H,2-7,14-19,21H2,1H3. The number of fused-ring (bicyclic) bond motifs is 1. The Kier molecular flexibility index (Phi) is 7.33. The van der Waals surface area contributed by atoms with E-state index in [1.54, 1.807) is 0 Å². The van der Waals surface area contributed by atoms with Crippen molar-refractivity contribution < 1.29 is 14.3 Å². The zero-order valence-corrected chi connectivity index (χ0v) is 22.5. The summed E-state index contributed by atoms with van der Waals surface area (Å²) in [6.07, 6.45) is 10.5. The molecular formula is C32H39N3O3. The zero-order valence-electron chi connectivity index (χ0n) is 22.5. The number of likely N-dealkylation sites (tertiary alicyclic amines) is 1. The lowest BCUT2D eigenvalue weighted by Crippen LogP contribution is -2.39. The van der Waals surface area contributed by atoms with Crippen LogP contribution in [0.2, 0.25) is 0 Å². The molecule has 3 aromatic rings. The van der Waals surface area contributed by atoms with Crippen LogP contribution in [0.3, 0.4) is 0 Å². The van der Waals surface area contributed by atoms with E-state index in [-0.39, 0.29) is 11.7 Å². The maximum Gasteiger partial charge on any atom is 0.253 e. The van der Waals surface area contributed by atoms with Crippen molar-refractivity contribution in [3.05, 3.63) is 64.8 Å². The fourth-order valence-corrected chi connectivity index (χ4v) is 5.76. The van der Waals surface area contributed by atoms with Gasteiger partial charge in [0.25, 0.3) is 5.91 Å². The number of ketones is 1. The fraction of sp³-hybridized carbons (Fsp3) is 0.531. The summed E-state index contributed by atoms with van der Waals surface area (Å²) in [5.74, 6) is 2.30. The number of carbonyl (C=O) groups excluding carboxylic acids is 2. The quantitative estimate of drug-likeness (QED) is 0.227. The van der Waals surface area contributed by atoms with Crippen LogP contribution in [0.25, 0.3) is 10.9 Å². The molecule has 38 heavy (non-hydrogen) atoms. The number of nitrogens with zero attached hydrogens (tertiary/aromatic N) is 3. The fourth-order valence-electron chi connectivity index (χ4n) is 5.76. The van der Waals surface area contributed by atoms with Gasteiger partial charge in [-0.3, -0.25) is 14.3 Å². The molecule has 1 aromatic heterocycles. The molecule has 3 aliphatic rings. The van der Waals surface area contributed by atoms with Crippen molar-refractivity contribution >= 4 is 22.6 Å². The first-order valence-corrected chi connectivity index (χ1v) is 14.5. The molecule has 0 bridgehead atoms. The third-order valence-electron chi connectivity index (χ3n) is 8.60. The Morgan fingerprint density at radius 3 is 2.42 bits per heavy atom. The largest absolute Gasteiger partial charge is 0.381 e. The predicted molar refractivity (Wildman–Crippen MR) is 149 cm³/mol. The number of carbonyl (C=O) groups is 2. The monoisotopic (exact) mass is 513 g/mol. The number of aromatic nitrogens is 2. The van der Waals surface area contributed by atoms with Crippen LogP contribution in [0.1, 0.15) is 89.1 Å². The minimum absolute atomic E-state index is 0.151. The normalized spacial score (nSPS) is 18.3. The molecule has 1 amide bonds. The summed E-state index contributed by atoms with van der Waals surface area (Å²) in [6, 6.07) is 12.2. The number of Topliss-reactive ketones (excluding diaryl/α,β-unsaturated/α-hetero) is 1. The summed E-state index contributed by atoms with van der Waals surface area (Å²) in [6.45, 7) is 5.97. The Labute approximate surface area is 225 Å². The summed E-state index contributed by atoms with van der Waals surface area (Å²) in [5.41, 5.74) is 4.93. The molecule has 0 atom stereocenters. The molecule has 0 spiro atoms. The number of hydrogen-bond acceptors (Lipinski definition) is 4. The van der Waals surface area contributed by atoms with E-state index in [1.165, 1.54) is 31.2 Å². The zero-order chi connectivity index (χ0) is 26.1. The van der Waals surface area contributed by atoms with Gasteiger partial charge in [0, 0.05) is 62.0 Å². The Morgan fingerprint density at radius 1 is 0.947 bits per heavy atom. The molecule has 0 N–H and O–H groups in total. The molecule has 3 fully saturated rings. The Balaban J connectivity index is 1.01. The summed E-state index contributed by atoms with van der Waals surface area (Å²) < 4.78 is 7.73. The van der Waals surface area contributed by atoms with Gasteiger partial charge in [-0.1, -0.05) is 12.1 Å². The van der Waals surface area contributed by atoms with Crippen LogP contribution in [-0.4, -0.2) is 52.7 Å². The molecule has 2 heterocycles. The molecule has 0 unspecified atom stereocenters. The molecule has 1 aliphatic heterocycles. The first-order valence-electron chi connectivity index (χ1n) is 14.5. The summed E-state index contributed by atoms with van der Waals surface area (Å²) >= 11 is 0. The topological polar surface area (TPSA) is 64.4 Å². The minimum atomic E-state index is 0.151. The van der Waals surface area contributed by atoms with Crippen LogP contribution in [0.4, 0.5) is 0 Å². The van der Waals surface area contributed by atoms with Crippen molar-refractivity contribution in [2.75, 3.05) is 26.3 Å². The van der Waals surface area contributed by atoms with Crippen molar-refractivity contribution in [2.45, 2.75) is 70.8 Å². The van der Waals surface area contributed by atoms with E-state index in [9.17, 15) is 9.59 Å². The van der Waals surface area contributed by atoms with Gasteiger partial charge >= 0.3 is 0 Å². The van der Waals surface area contributed by atoms with Gasteiger partial charge in [-0.05, 0) is 105 Å². The second-order valence-corrected chi connectivity index (χ2v) is 11.7. The van der Waals surface area contributed by atoms with Gasteiger partial charge in [-0.2, -0.15) is 5.10 Å². The van der Waals surface area contributed by atoms with Gasteiger partial charge < -0.3 is 9.64 Å². The van der Waals surface area contributed by atoms with Crippen molar-refractivity contribution in [3.8, 4) is 0 Å². The SMILES string of the molecule is Cc1c(C(=O)CCCOCC2CC2)ccc2nn(CC3CCN(C(=O)c4ccc(C5CC5)cc4)CC3)cc12. The highest BCUT2D eigenvalue weighted by atomic mass is 16.5. The van der Waals surface area contributed by atoms with Gasteiger partial charge in [0.15, 0.2) is 5.78 Å². The van der Waals surface area contributed by atoms with Gasteiger partial charge in [0.1, 0.15) is 0 Å². The Morgan fingerprint density at radius 2 is 1.71 bits per heavy atom. The highest BCUT2D eigenvalue weighted by Gasteiger charge is 2.26. The number of rotatable bonds is 11. The average Bonchev–Trinajstić information content (AvgIpc) is 3.87. The van der Waals surface area contributed by atoms with Crippen molar-refractivity contribution in [1.29, 1.82) is 0 Å². The molecular weight excluding hydrogens is 474 g/mol. The van der Waals surface area contributed by atoms with Gasteiger partial charge in [0.2, 0.25) is 0 Å². The second-order valence-electron chi connectivity index (χ2n) is 11.7. The lowest BCUT2D eigenvalue weighted by atomic mass is 9.96. The van der Waals surface area contributed by atoms with Crippen molar-refractivity contribution in [1.82, 2.24) is 14.7 Å². The van der Waals surface area contributed by atoms with E-state index in [2.05, 4.69) is 18.3 Å².